The molecule has 1 aliphatic heterocycles. The molecular weight excluding hydrogens is 388 g/mol. The van der Waals surface area contributed by atoms with Gasteiger partial charge in [0.25, 0.3) is 0 Å². The molecule has 0 atom stereocenters. The van der Waals surface area contributed by atoms with Crippen LogP contribution in [0.1, 0.15) is 0 Å². The number of anilines is 2. The van der Waals surface area contributed by atoms with E-state index in [1.807, 2.05) is 55.2 Å². The zero-order valence-corrected chi connectivity index (χ0v) is 17.0. The van der Waals surface area contributed by atoms with E-state index in [1.54, 1.807) is 23.0 Å². The van der Waals surface area contributed by atoms with Gasteiger partial charge in [-0.15, -0.1) is 10.2 Å². The molecule has 4 rings (SSSR count). The van der Waals surface area contributed by atoms with E-state index >= 15 is 0 Å². The van der Waals surface area contributed by atoms with Gasteiger partial charge in [0.15, 0.2) is 22.5 Å². The van der Waals surface area contributed by atoms with Crippen LogP contribution in [0.25, 0.3) is 11.6 Å². The van der Waals surface area contributed by atoms with Gasteiger partial charge in [0, 0.05) is 21.1 Å². The van der Waals surface area contributed by atoms with Crippen molar-refractivity contribution in [2.45, 2.75) is 5.16 Å². The van der Waals surface area contributed by atoms with E-state index in [1.165, 1.54) is 11.8 Å². The number of ketones is 1. The lowest BCUT2D eigenvalue weighted by molar-refractivity contribution is -0.112. The monoisotopic (exact) mass is 406 g/mol. The molecule has 1 aromatic carbocycles. The van der Waals surface area contributed by atoms with Crippen LogP contribution in [0, 0.1) is 11.3 Å². The number of para-hydroxylation sites is 2. The maximum Gasteiger partial charge on any atom is 0.200 e. The highest BCUT2D eigenvalue weighted by Crippen LogP contribution is 2.40. The summed E-state index contributed by atoms with van der Waals surface area (Å²) in [5, 5.41) is 18.5. The van der Waals surface area contributed by atoms with E-state index in [4.69, 9.17) is 4.42 Å². The predicted octanol–water partition coefficient (Wildman–Crippen LogP) is 3.06. The van der Waals surface area contributed by atoms with Crippen molar-refractivity contribution in [3.8, 4) is 17.7 Å². The van der Waals surface area contributed by atoms with E-state index in [2.05, 4.69) is 16.3 Å². The molecule has 0 saturated heterocycles. The molecule has 146 valence electrons. The first kappa shape index (κ1) is 18.8. The van der Waals surface area contributed by atoms with Crippen LogP contribution in [0.5, 0.6) is 0 Å². The number of hydrogen-bond donors (Lipinski definition) is 0. The highest BCUT2D eigenvalue weighted by molar-refractivity contribution is 7.99. The number of carbonyl (C=O) groups excluding carboxylic acids is 1. The van der Waals surface area contributed by atoms with Crippen molar-refractivity contribution in [1.29, 1.82) is 5.26 Å². The summed E-state index contributed by atoms with van der Waals surface area (Å²) in [6.07, 6.45) is 1.57. The fourth-order valence-corrected chi connectivity index (χ4v) is 4.10. The van der Waals surface area contributed by atoms with E-state index in [0.717, 1.165) is 11.4 Å². The minimum absolute atomic E-state index is 0.0779. The Labute approximate surface area is 172 Å². The number of furan rings is 1. The molecule has 3 heterocycles. The van der Waals surface area contributed by atoms with Crippen molar-refractivity contribution in [3.05, 3.63) is 54.1 Å². The molecule has 0 fully saturated rings. The van der Waals surface area contributed by atoms with Crippen LogP contribution in [0.3, 0.4) is 0 Å². The Morgan fingerprint density at radius 3 is 2.38 bits per heavy atom. The summed E-state index contributed by atoms with van der Waals surface area (Å²) in [5.41, 5.74) is 2.02. The van der Waals surface area contributed by atoms with Gasteiger partial charge in [-0.25, -0.2) is 0 Å². The molecule has 0 bridgehead atoms. The zero-order valence-electron chi connectivity index (χ0n) is 16.2. The average Bonchev–Trinajstić information content (AvgIpc) is 3.43. The fraction of sp³-hybridized carbons (Fsp3) is 0.200. The number of nitriles is 1. The number of benzene rings is 1. The van der Waals surface area contributed by atoms with Crippen molar-refractivity contribution in [1.82, 2.24) is 14.8 Å². The van der Waals surface area contributed by atoms with E-state index in [9.17, 15) is 10.1 Å². The maximum atomic E-state index is 12.9. The molecule has 29 heavy (non-hydrogen) atoms. The van der Waals surface area contributed by atoms with Crippen LogP contribution in [0.15, 0.2) is 63.6 Å². The van der Waals surface area contributed by atoms with Crippen LogP contribution in [0.4, 0.5) is 11.4 Å². The summed E-state index contributed by atoms with van der Waals surface area (Å²) in [4.78, 5) is 16.6. The number of thioether (sulfide) groups is 1. The normalized spacial score (nSPS) is 12.8. The minimum atomic E-state index is -0.262. The largest absolute Gasteiger partial charge is 0.461 e. The van der Waals surface area contributed by atoms with Crippen molar-refractivity contribution in [2.75, 3.05) is 29.6 Å². The number of hydrogen-bond acceptors (Lipinski definition) is 8. The summed E-state index contributed by atoms with van der Waals surface area (Å²) in [5.74, 6) is 1.57. The molecule has 9 heteroatoms. The highest BCUT2D eigenvalue weighted by Gasteiger charge is 2.31. The molecule has 1 aliphatic rings. The molecule has 0 spiro atoms. The molecule has 0 radical (unpaired) electrons. The van der Waals surface area contributed by atoms with E-state index in [-0.39, 0.29) is 17.1 Å². The Kier molecular flexibility index (Phi) is 4.86. The van der Waals surface area contributed by atoms with Gasteiger partial charge in [0.2, 0.25) is 0 Å². The first-order chi connectivity index (χ1) is 14.0. The maximum absolute atomic E-state index is 12.9. The third-order valence-corrected chi connectivity index (χ3v) is 5.78. The van der Waals surface area contributed by atoms with E-state index < -0.39 is 0 Å². The van der Waals surface area contributed by atoms with Gasteiger partial charge in [-0.1, -0.05) is 23.9 Å². The molecule has 0 amide bonds. The van der Waals surface area contributed by atoms with Gasteiger partial charge in [-0.2, -0.15) is 5.26 Å². The van der Waals surface area contributed by atoms with Gasteiger partial charge in [0.05, 0.1) is 23.4 Å². The van der Waals surface area contributed by atoms with Gasteiger partial charge >= 0.3 is 0 Å². The van der Waals surface area contributed by atoms with Crippen LogP contribution in [-0.2, 0) is 11.8 Å². The van der Waals surface area contributed by atoms with Gasteiger partial charge in [0.1, 0.15) is 17.5 Å². The number of Topliss-reactive ketones (excluding diaryl/α,β-unsaturated/α-hetero) is 1. The summed E-state index contributed by atoms with van der Waals surface area (Å²) in [6, 6.07) is 13.5. The topological polar surface area (TPSA) is 91.2 Å². The third kappa shape index (κ3) is 3.17. The Morgan fingerprint density at radius 2 is 1.79 bits per heavy atom. The molecule has 0 aliphatic carbocycles. The number of fused-ring (bicyclic) bond motifs is 1. The van der Waals surface area contributed by atoms with Crippen LogP contribution >= 0.6 is 11.8 Å². The molecule has 3 aromatic rings. The molecule has 2 aromatic heterocycles. The number of rotatable bonds is 5. The highest BCUT2D eigenvalue weighted by atomic mass is 32.2. The lowest BCUT2D eigenvalue weighted by Gasteiger charge is -2.19. The Bertz CT molecular complexity index is 1110. The molecule has 0 unspecified atom stereocenters. The smallest absolute Gasteiger partial charge is 0.200 e. The van der Waals surface area contributed by atoms with Crippen molar-refractivity contribution < 1.29 is 9.21 Å². The third-order valence-electron chi connectivity index (χ3n) is 4.76. The van der Waals surface area contributed by atoms with Crippen LogP contribution in [-0.4, -0.2) is 40.4 Å². The summed E-state index contributed by atoms with van der Waals surface area (Å²) in [7, 11) is 5.52. The summed E-state index contributed by atoms with van der Waals surface area (Å²) >= 11 is 1.24. The summed E-state index contributed by atoms with van der Waals surface area (Å²) in [6.45, 7) is 0. The van der Waals surface area contributed by atoms with Gasteiger partial charge < -0.3 is 18.8 Å². The standard InChI is InChI=1S/C20H18N6O2S/c1-24-14-7-4-5-8-15(14)25(2)19(24)13(11-21)16(27)12-29-20-23-22-18(26(20)3)17-9-6-10-28-17/h4-10H,12H2,1-3H3. The second-order valence-electron chi connectivity index (χ2n) is 6.47. The Hall–Kier alpha value is -3.51. The number of allylic oxidation sites excluding steroid dienone is 1. The summed E-state index contributed by atoms with van der Waals surface area (Å²) < 4.78 is 7.12. The minimum Gasteiger partial charge on any atom is -0.461 e. The average molecular weight is 406 g/mol. The zero-order chi connectivity index (χ0) is 20.5. The SMILES string of the molecule is CN1C(=C(C#N)C(=O)CSc2nnc(-c3ccco3)n2C)N(C)c2ccccc21. The number of nitrogens with zero attached hydrogens (tertiary/aromatic N) is 6. The van der Waals surface area contributed by atoms with Crippen LogP contribution in [0.2, 0.25) is 0 Å². The first-order valence-electron chi connectivity index (χ1n) is 8.83. The first-order valence-corrected chi connectivity index (χ1v) is 9.81. The lowest BCUT2D eigenvalue weighted by atomic mass is 10.2. The Morgan fingerprint density at radius 1 is 1.10 bits per heavy atom. The second kappa shape index (κ2) is 7.48. The predicted molar refractivity (Wildman–Crippen MR) is 110 cm³/mol. The van der Waals surface area contributed by atoms with Crippen molar-refractivity contribution in [3.63, 3.8) is 0 Å². The lowest BCUT2D eigenvalue weighted by Crippen LogP contribution is -2.26. The van der Waals surface area contributed by atoms with Crippen molar-refractivity contribution in [2.24, 2.45) is 7.05 Å². The molecule has 0 N–H and O–H groups in total. The fourth-order valence-electron chi connectivity index (χ4n) is 3.32. The number of aromatic nitrogens is 3. The van der Waals surface area contributed by atoms with Gasteiger partial charge in [-0.05, 0) is 24.3 Å². The quantitative estimate of drug-likeness (QED) is 0.363. The van der Waals surface area contributed by atoms with Gasteiger partial charge in [-0.3, -0.25) is 4.79 Å². The molecule has 0 saturated carbocycles. The molecule has 8 nitrogen and oxygen atoms in total. The number of carbonyl (C=O) groups is 1. The van der Waals surface area contributed by atoms with Crippen LogP contribution < -0.4 is 9.80 Å². The second-order valence-corrected chi connectivity index (χ2v) is 7.41. The molecular formula is C20H18N6O2S. The Balaban J connectivity index is 1.56. The van der Waals surface area contributed by atoms with E-state index in [0.29, 0.717) is 22.6 Å². The van der Waals surface area contributed by atoms with Crippen molar-refractivity contribution >= 4 is 28.9 Å².